The van der Waals surface area contributed by atoms with Crippen LogP contribution in [0.4, 0.5) is 0 Å². The van der Waals surface area contributed by atoms with Gasteiger partial charge in [0.05, 0.1) is 0 Å². The van der Waals surface area contributed by atoms with Gasteiger partial charge in [0.15, 0.2) is 0 Å². The van der Waals surface area contributed by atoms with E-state index in [1.54, 1.807) is 3.28 Å². The molecule has 2 aliphatic rings. The molecule has 0 spiro atoms. The van der Waals surface area contributed by atoms with E-state index in [2.05, 4.69) is 128 Å². The van der Waals surface area contributed by atoms with E-state index in [0.717, 1.165) is 16.5 Å². The van der Waals surface area contributed by atoms with Crippen molar-refractivity contribution in [2.75, 3.05) is 0 Å². The first-order valence-corrected chi connectivity index (χ1v) is 20.9. The van der Waals surface area contributed by atoms with Crippen LogP contribution in [-0.4, -0.2) is 3.21 Å². The van der Waals surface area contributed by atoms with Gasteiger partial charge in [0.1, 0.15) is 0 Å². The molecule has 0 amide bonds. The molecule has 1 atom stereocenters. The van der Waals surface area contributed by atoms with E-state index in [1.807, 2.05) is 12.1 Å². The quantitative estimate of drug-likeness (QED) is 0.211. The standard InChI is InChI=1S/C17H17.C13H8Cl2.C12H19.2ClH.Zr/c1-10-5-14-9-15-6-11(2)13(4)8-17(15)16(14)7-12(10)3;14-12-5-1-3-10(8-12)7-11-4-2-6-13(15)9-11;1-5-6-10-7-8-11(9-10)12(2,3)4;;;/h5-9H,1-4H3;1-6,8-9H;8-10H,5-6H2,1-4H3;2*1H;/q;;;;;+2/p-2. The van der Waals surface area contributed by atoms with E-state index in [9.17, 15) is 0 Å². The van der Waals surface area contributed by atoms with E-state index in [1.165, 1.54) is 70.8 Å². The van der Waals surface area contributed by atoms with Crippen LogP contribution in [0.1, 0.15) is 88.7 Å². The van der Waals surface area contributed by atoms with Crippen LogP contribution in [0.5, 0.6) is 0 Å². The molecule has 47 heavy (non-hydrogen) atoms. The van der Waals surface area contributed by atoms with Crippen LogP contribution < -0.4 is 24.8 Å². The van der Waals surface area contributed by atoms with Crippen molar-refractivity contribution >= 4 is 26.4 Å². The van der Waals surface area contributed by atoms with E-state index in [4.69, 9.17) is 23.2 Å². The Balaban J connectivity index is 0.00000250. The summed E-state index contributed by atoms with van der Waals surface area (Å²) < 4.78 is 3.51. The number of allylic oxidation sites excluding steroid dienone is 4. The Hall–Kier alpha value is -1.73. The van der Waals surface area contributed by atoms with Crippen LogP contribution in [0.15, 0.2) is 93.8 Å². The maximum Gasteiger partial charge on any atom is -1.00 e. The van der Waals surface area contributed by atoms with E-state index >= 15 is 0 Å². The minimum Gasteiger partial charge on any atom is -1.00 e. The number of fused-ring (bicyclic) bond motifs is 3. The Kier molecular flexibility index (Phi) is 12.2. The number of hydrogen-bond acceptors (Lipinski definition) is 0. The molecular formula is C42H44Cl4Zr. The zero-order chi connectivity index (χ0) is 32.2. The molecule has 0 aromatic heterocycles. The fraction of sp³-hybridized carbons (Fsp3) is 0.310. The predicted octanol–water partition coefficient (Wildman–Crippen LogP) is 6.48. The molecule has 0 nitrogen and oxygen atoms in total. The van der Waals surface area contributed by atoms with Crippen molar-refractivity contribution in [2.24, 2.45) is 11.3 Å². The monoisotopic (exact) mass is 778 g/mol. The Bertz CT molecular complexity index is 1820. The van der Waals surface area contributed by atoms with E-state index in [-0.39, 0.29) is 30.2 Å². The van der Waals surface area contributed by atoms with Crippen molar-refractivity contribution in [3.05, 3.63) is 148 Å². The molecule has 0 heterocycles. The van der Waals surface area contributed by atoms with Gasteiger partial charge in [0, 0.05) is 0 Å². The molecule has 6 rings (SSSR count). The summed E-state index contributed by atoms with van der Waals surface area (Å²) in [7, 11) is 0. The van der Waals surface area contributed by atoms with Gasteiger partial charge in [-0.05, 0) is 0 Å². The third-order valence-electron chi connectivity index (χ3n) is 9.90. The topological polar surface area (TPSA) is 0 Å². The predicted molar refractivity (Wildman–Crippen MR) is 193 cm³/mol. The number of halogens is 4. The first-order chi connectivity index (χ1) is 21.4. The summed E-state index contributed by atoms with van der Waals surface area (Å²) in [6.07, 6.45) is 7.58. The molecule has 0 saturated carbocycles. The Morgan fingerprint density at radius 3 is 1.60 bits per heavy atom. The molecule has 0 N–H and O–H groups in total. The molecule has 244 valence electrons. The van der Waals surface area contributed by atoms with Crippen LogP contribution in [0, 0.1) is 39.0 Å². The summed E-state index contributed by atoms with van der Waals surface area (Å²) in [5, 5.41) is 1.55. The zero-order valence-corrected chi connectivity index (χ0v) is 34.1. The fourth-order valence-electron chi connectivity index (χ4n) is 7.24. The van der Waals surface area contributed by atoms with Crippen molar-refractivity contribution in [2.45, 2.75) is 71.9 Å². The average molecular weight is 782 g/mol. The zero-order valence-electron chi connectivity index (χ0n) is 28.7. The Morgan fingerprint density at radius 2 is 1.17 bits per heavy atom. The maximum absolute atomic E-state index is 6.79. The summed E-state index contributed by atoms with van der Waals surface area (Å²) in [6.45, 7) is 18.5. The van der Waals surface area contributed by atoms with Crippen LogP contribution in [0.2, 0.25) is 10.0 Å². The third-order valence-corrected chi connectivity index (χ3v) is 18.9. The molecule has 0 saturated heterocycles. The molecule has 0 radical (unpaired) electrons. The molecule has 0 fully saturated rings. The third kappa shape index (κ3) is 7.42. The van der Waals surface area contributed by atoms with Crippen LogP contribution in [0.3, 0.4) is 0 Å². The molecule has 5 heteroatoms. The largest absolute Gasteiger partial charge is 1.00 e. The molecule has 2 aliphatic carbocycles. The SMILES string of the molecule is CCCC1C=C(C(C)(C)C)C=[C]1[Zr+2](=[C](c1cccc(Cl)c1)c1cccc(Cl)c1)[CH]1c2cc(C)c(C)cc2-c2cc(C)c(C)cc21.[Cl-].[Cl-]. The van der Waals surface area contributed by atoms with Crippen LogP contribution in [-0.2, 0) is 21.3 Å². The Morgan fingerprint density at radius 1 is 0.702 bits per heavy atom. The molecule has 0 bridgehead atoms. The van der Waals surface area contributed by atoms with Crippen molar-refractivity contribution in [3.63, 3.8) is 0 Å². The smallest absolute Gasteiger partial charge is 1.00 e. The summed E-state index contributed by atoms with van der Waals surface area (Å²) >= 11 is 10.6. The fourth-order valence-corrected chi connectivity index (χ4v) is 17.2. The van der Waals surface area contributed by atoms with Gasteiger partial charge >= 0.3 is 290 Å². The van der Waals surface area contributed by atoms with Gasteiger partial charge < -0.3 is 24.8 Å². The van der Waals surface area contributed by atoms with Crippen molar-refractivity contribution in [3.8, 4) is 11.1 Å². The number of hydrogen-bond donors (Lipinski definition) is 0. The first kappa shape index (κ1) is 38.1. The van der Waals surface area contributed by atoms with Crippen LogP contribution in [0.25, 0.3) is 11.1 Å². The second-order valence-corrected chi connectivity index (χ2v) is 21.1. The summed E-state index contributed by atoms with van der Waals surface area (Å²) in [5.41, 5.74) is 15.4. The van der Waals surface area contributed by atoms with E-state index < -0.39 is 21.3 Å². The molecule has 0 aliphatic heterocycles. The van der Waals surface area contributed by atoms with Gasteiger partial charge in [-0.3, -0.25) is 0 Å². The molecule has 4 aromatic rings. The van der Waals surface area contributed by atoms with E-state index in [0.29, 0.717) is 9.54 Å². The van der Waals surface area contributed by atoms with Gasteiger partial charge in [-0.25, -0.2) is 0 Å². The summed E-state index contributed by atoms with van der Waals surface area (Å²) in [6, 6.07) is 27.1. The number of benzene rings is 4. The van der Waals surface area contributed by atoms with Crippen LogP contribution >= 0.6 is 23.2 Å². The molecular weight excluding hydrogens is 737 g/mol. The van der Waals surface area contributed by atoms with Gasteiger partial charge in [0.25, 0.3) is 0 Å². The minimum absolute atomic E-state index is 0. The minimum atomic E-state index is -2.98. The second kappa shape index (κ2) is 15.0. The van der Waals surface area contributed by atoms with Gasteiger partial charge in [-0.2, -0.15) is 0 Å². The molecule has 4 aromatic carbocycles. The summed E-state index contributed by atoms with van der Waals surface area (Å²) in [5.74, 6) is 0.442. The average Bonchev–Trinajstić information content (AvgIpc) is 3.52. The van der Waals surface area contributed by atoms with Gasteiger partial charge in [0.2, 0.25) is 0 Å². The van der Waals surface area contributed by atoms with Gasteiger partial charge in [-0.15, -0.1) is 0 Å². The first-order valence-electron chi connectivity index (χ1n) is 16.3. The maximum atomic E-state index is 6.79. The van der Waals surface area contributed by atoms with Crippen molar-refractivity contribution in [1.82, 2.24) is 0 Å². The summed E-state index contributed by atoms with van der Waals surface area (Å²) in [4.78, 5) is 0. The number of aryl methyl sites for hydroxylation is 4. The second-order valence-electron chi connectivity index (χ2n) is 14.2. The normalized spacial score (nSPS) is 15.0. The van der Waals surface area contributed by atoms with Gasteiger partial charge in [-0.1, -0.05) is 0 Å². The van der Waals surface area contributed by atoms with Crippen molar-refractivity contribution in [1.29, 1.82) is 0 Å². The Labute approximate surface area is 312 Å². The van der Waals surface area contributed by atoms with Crippen molar-refractivity contribution < 1.29 is 46.1 Å². The number of rotatable bonds is 6. The molecule has 1 unspecified atom stereocenters.